The normalized spacial score (nSPS) is 11.3. The number of aryl methyl sites for hydroxylation is 1. The van der Waals surface area contributed by atoms with Gasteiger partial charge in [0.15, 0.2) is 0 Å². The van der Waals surface area contributed by atoms with E-state index in [4.69, 9.17) is 11.1 Å². The van der Waals surface area contributed by atoms with Gasteiger partial charge < -0.3 is 10.3 Å². The predicted molar refractivity (Wildman–Crippen MR) is 68.5 cm³/mol. The summed E-state index contributed by atoms with van der Waals surface area (Å²) in [7, 11) is 0. The molecule has 1 aromatic carbocycles. The SMILES string of the molecule is Cl.N=C(N)CCn1c(C(F)(F)F)nc2ccccc21. The smallest absolute Gasteiger partial charge is 0.388 e. The van der Waals surface area contributed by atoms with E-state index < -0.39 is 12.0 Å². The fourth-order valence-electron chi connectivity index (χ4n) is 1.75. The summed E-state index contributed by atoms with van der Waals surface area (Å²) in [4.78, 5) is 3.59. The van der Waals surface area contributed by atoms with Crippen LogP contribution in [0.4, 0.5) is 13.2 Å². The van der Waals surface area contributed by atoms with Crippen LogP contribution in [0, 0.1) is 5.41 Å². The first-order valence-corrected chi connectivity index (χ1v) is 5.25. The number of alkyl halides is 3. The van der Waals surface area contributed by atoms with Gasteiger partial charge in [-0.1, -0.05) is 12.1 Å². The first kappa shape index (κ1) is 15.3. The molecular formula is C11H12ClF3N4. The summed E-state index contributed by atoms with van der Waals surface area (Å²) in [5, 5.41) is 7.09. The topological polar surface area (TPSA) is 67.7 Å². The molecular weight excluding hydrogens is 281 g/mol. The molecule has 0 saturated heterocycles. The second kappa shape index (κ2) is 5.48. The van der Waals surface area contributed by atoms with E-state index in [0.717, 1.165) is 4.57 Å². The second-order valence-electron chi connectivity index (χ2n) is 3.85. The minimum atomic E-state index is -4.52. The Morgan fingerprint density at radius 3 is 2.53 bits per heavy atom. The fourth-order valence-corrected chi connectivity index (χ4v) is 1.75. The molecule has 0 aliphatic carbocycles. The largest absolute Gasteiger partial charge is 0.449 e. The molecule has 0 fully saturated rings. The first-order valence-electron chi connectivity index (χ1n) is 5.25. The Hall–Kier alpha value is -1.76. The number of benzene rings is 1. The molecule has 0 saturated carbocycles. The lowest BCUT2D eigenvalue weighted by atomic mass is 10.3. The van der Waals surface area contributed by atoms with Crippen LogP contribution in [0.1, 0.15) is 12.2 Å². The maximum Gasteiger partial charge on any atom is 0.449 e. The number of aromatic nitrogens is 2. The van der Waals surface area contributed by atoms with Crippen LogP contribution < -0.4 is 5.73 Å². The average Bonchev–Trinajstić information content (AvgIpc) is 2.64. The molecule has 1 aromatic heterocycles. The lowest BCUT2D eigenvalue weighted by Crippen LogP contribution is -2.18. The molecule has 8 heteroatoms. The molecule has 104 valence electrons. The number of para-hydroxylation sites is 2. The number of nitrogens with zero attached hydrogens (tertiary/aromatic N) is 2. The zero-order chi connectivity index (χ0) is 13.3. The summed E-state index contributed by atoms with van der Waals surface area (Å²) >= 11 is 0. The van der Waals surface area contributed by atoms with Gasteiger partial charge in [0.25, 0.3) is 0 Å². The van der Waals surface area contributed by atoms with Gasteiger partial charge >= 0.3 is 6.18 Å². The number of rotatable bonds is 3. The maximum absolute atomic E-state index is 12.8. The highest BCUT2D eigenvalue weighted by Gasteiger charge is 2.37. The summed E-state index contributed by atoms with van der Waals surface area (Å²) in [6.07, 6.45) is -4.46. The number of hydrogen-bond acceptors (Lipinski definition) is 2. The van der Waals surface area contributed by atoms with E-state index in [1.54, 1.807) is 18.2 Å². The molecule has 0 radical (unpaired) electrons. The lowest BCUT2D eigenvalue weighted by molar-refractivity contribution is -0.146. The summed E-state index contributed by atoms with van der Waals surface area (Å²) in [5.41, 5.74) is 5.86. The molecule has 0 aliphatic rings. The molecule has 0 spiro atoms. The zero-order valence-electron chi connectivity index (χ0n) is 9.74. The highest BCUT2D eigenvalue weighted by atomic mass is 35.5. The van der Waals surface area contributed by atoms with Gasteiger partial charge in [-0.25, -0.2) is 4.98 Å². The van der Waals surface area contributed by atoms with Gasteiger partial charge in [0.1, 0.15) is 0 Å². The number of hydrogen-bond donors (Lipinski definition) is 2. The molecule has 3 N–H and O–H groups in total. The van der Waals surface area contributed by atoms with E-state index in [-0.39, 0.29) is 36.7 Å². The van der Waals surface area contributed by atoms with E-state index in [9.17, 15) is 13.2 Å². The van der Waals surface area contributed by atoms with Crippen molar-refractivity contribution in [1.29, 1.82) is 5.41 Å². The predicted octanol–water partition coefficient (Wildman–Crippen LogP) is 2.80. The van der Waals surface area contributed by atoms with Gasteiger partial charge in [0, 0.05) is 13.0 Å². The van der Waals surface area contributed by atoms with E-state index in [1.165, 1.54) is 6.07 Å². The van der Waals surface area contributed by atoms with Crippen molar-refractivity contribution in [3.8, 4) is 0 Å². The van der Waals surface area contributed by atoms with Crippen LogP contribution in [-0.4, -0.2) is 15.4 Å². The molecule has 0 amide bonds. The Morgan fingerprint density at radius 2 is 1.95 bits per heavy atom. The number of halogens is 4. The van der Waals surface area contributed by atoms with E-state index in [0.29, 0.717) is 5.52 Å². The molecule has 2 aromatic rings. The second-order valence-corrected chi connectivity index (χ2v) is 3.85. The van der Waals surface area contributed by atoms with Gasteiger partial charge in [-0.05, 0) is 12.1 Å². The van der Waals surface area contributed by atoms with Gasteiger partial charge in [-0.3, -0.25) is 5.41 Å². The summed E-state index contributed by atoms with van der Waals surface area (Å²) in [6.45, 7) is -0.00924. The van der Waals surface area contributed by atoms with Crippen molar-refractivity contribution >= 4 is 29.3 Å². The monoisotopic (exact) mass is 292 g/mol. The van der Waals surface area contributed by atoms with Crippen molar-refractivity contribution in [2.75, 3.05) is 0 Å². The molecule has 1 heterocycles. The quantitative estimate of drug-likeness (QED) is 0.675. The maximum atomic E-state index is 12.8. The van der Waals surface area contributed by atoms with Crippen molar-refractivity contribution < 1.29 is 13.2 Å². The minimum absolute atomic E-state index is 0. The molecule has 4 nitrogen and oxygen atoms in total. The Balaban J connectivity index is 0.00000180. The van der Waals surface area contributed by atoms with E-state index in [1.807, 2.05) is 0 Å². The van der Waals surface area contributed by atoms with Gasteiger partial charge in [0.2, 0.25) is 5.82 Å². The van der Waals surface area contributed by atoms with Crippen LogP contribution in [0.5, 0.6) is 0 Å². The van der Waals surface area contributed by atoms with E-state index in [2.05, 4.69) is 4.98 Å². The van der Waals surface area contributed by atoms with Gasteiger partial charge in [0.05, 0.1) is 16.9 Å². The van der Waals surface area contributed by atoms with E-state index >= 15 is 0 Å². The number of fused-ring (bicyclic) bond motifs is 1. The zero-order valence-corrected chi connectivity index (χ0v) is 10.6. The number of imidazole rings is 1. The van der Waals surface area contributed by atoms with Crippen molar-refractivity contribution in [2.24, 2.45) is 5.73 Å². The van der Waals surface area contributed by atoms with Crippen molar-refractivity contribution in [1.82, 2.24) is 9.55 Å². The third-order valence-electron chi connectivity index (χ3n) is 2.51. The minimum Gasteiger partial charge on any atom is -0.388 e. The van der Waals surface area contributed by atoms with Crippen LogP contribution in [0.25, 0.3) is 11.0 Å². The first-order chi connectivity index (χ1) is 8.39. The summed E-state index contributed by atoms with van der Waals surface area (Å²) in [6, 6.07) is 6.37. The van der Waals surface area contributed by atoms with Crippen LogP contribution in [0.15, 0.2) is 24.3 Å². The highest BCUT2D eigenvalue weighted by molar-refractivity contribution is 5.85. The van der Waals surface area contributed by atoms with Gasteiger partial charge in [-0.2, -0.15) is 13.2 Å². The fraction of sp³-hybridized carbons (Fsp3) is 0.273. The third-order valence-corrected chi connectivity index (χ3v) is 2.51. The molecule has 0 atom stereocenters. The number of nitrogens with one attached hydrogen (secondary N) is 1. The van der Waals surface area contributed by atoms with Crippen LogP contribution in [0.3, 0.4) is 0 Å². The third kappa shape index (κ3) is 3.17. The Bertz CT molecular complexity index is 591. The average molecular weight is 293 g/mol. The van der Waals surface area contributed by atoms with Crippen molar-refractivity contribution in [2.45, 2.75) is 19.1 Å². The van der Waals surface area contributed by atoms with Crippen molar-refractivity contribution in [3.05, 3.63) is 30.1 Å². The Labute approximate surface area is 113 Å². The van der Waals surface area contributed by atoms with Gasteiger partial charge in [-0.15, -0.1) is 12.4 Å². The number of nitrogens with two attached hydrogens (primary N) is 1. The molecule has 0 unspecified atom stereocenters. The van der Waals surface area contributed by atoms with Crippen LogP contribution >= 0.6 is 12.4 Å². The van der Waals surface area contributed by atoms with Crippen LogP contribution in [0.2, 0.25) is 0 Å². The highest BCUT2D eigenvalue weighted by Crippen LogP contribution is 2.31. The van der Waals surface area contributed by atoms with Crippen molar-refractivity contribution in [3.63, 3.8) is 0 Å². The number of amidine groups is 1. The Morgan fingerprint density at radius 1 is 1.32 bits per heavy atom. The standard InChI is InChI=1S/C11H11F3N4.ClH/c12-11(13,14)10-17-7-3-1-2-4-8(7)18(10)6-5-9(15)16;/h1-4H,5-6H2,(H3,15,16);1H. The molecule has 19 heavy (non-hydrogen) atoms. The molecule has 2 rings (SSSR count). The summed E-state index contributed by atoms with van der Waals surface area (Å²) in [5.74, 6) is -1.11. The van der Waals surface area contributed by atoms with Crippen LogP contribution in [-0.2, 0) is 12.7 Å². The molecule has 0 bridgehead atoms. The molecule has 0 aliphatic heterocycles. The Kier molecular flexibility index (Phi) is 4.41. The summed E-state index contributed by atoms with van der Waals surface area (Å²) < 4.78 is 39.6. The lowest BCUT2D eigenvalue weighted by Gasteiger charge is -2.10.